The van der Waals surface area contributed by atoms with Crippen LogP contribution in [0.1, 0.15) is 16.9 Å². The molecule has 0 saturated carbocycles. The van der Waals surface area contributed by atoms with Gasteiger partial charge in [0.05, 0.1) is 10.8 Å². The van der Waals surface area contributed by atoms with Gasteiger partial charge in [-0.1, -0.05) is 0 Å². The maximum Gasteiger partial charge on any atom is 0.269 e. The predicted molar refractivity (Wildman–Crippen MR) is 75.8 cm³/mol. The van der Waals surface area contributed by atoms with Crippen LogP contribution in [0.4, 0.5) is 5.69 Å². The Morgan fingerprint density at radius 1 is 1.58 bits per heavy atom. The van der Waals surface area contributed by atoms with Crippen LogP contribution in [0, 0.1) is 0 Å². The molecule has 1 aliphatic rings. The third kappa shape index (κ3) is 2.17. The number of benzene rings is 1. The Kier molecular flexibility index (Phi) is 3.12. The summed E-state index contributed by atoms with van der Waals surface area (Å²) in [5.74, 6) is -0.473. The van der Waals surface area contributed by atoms with Gasteiger partial charge in [-0.05, 0) is 36.2 Å². The molecule has 1 amide bonds. The van der Waals surface area contributed by atoms with Gasteiger partial charge in [0, 0.05) is 31.3 Å². The van der Waals surface area contributed by atoms with Gasteiger partial charge in [-0.3, -0.25) is 4.79 Å². The van der Waals surface area contributed by atoms with Crippen molar-refractivity contribution in [1.29, 1.82) is 0 Å². The summed E-state index contributed by atoms with van der Waals surface area (Å²) in [6.45, 7) is 1.90. The quantitative estimate of drug-likeness (QED) is 0.925. The molecule has 1 fully saturated rings. The molecular weight excluding hydrogens is 262 g/mol. The summed E-state index contributed by atoms with van der Waals surface area (Å²) in [7, 11) is 1.75. The number of carbonyl (C=O) groups is 1. The summed E-state index contributed by atoms with van der Waals surface area (Å²) in [4.78, 5) is 13.5. The molecular formula is C13H15N3O2S. The van der Waals surface area contributed by atoms with Crippen molar-refractivity contribution in [3.63, 3.8) is 0 Å². The second kappa shape index (κ2) is 4.79. The highest BCUT2D eigenvalue weighted by Gasteiger charge is 2.23. The number of primary amides is 1. The van der Waals surface area contributed by atoms with Gasteiger partial charge in [0.1, 0.15) is 5.69 Å². The smallest absolute Gasteiger partial charge is 0.269 e. The minimum absolute atomic E-state index is 0.304. The van der Waals surface area contributed by atoms with E-state index in [0.717, 1.165) is 35.3 Å². The van der Waals surface area contributed by atoms with Crippen LogP contribution in [-0.2, 0) is 4.74 Å². The van der Waals surface area contributed by atoms with Gasteiger partial charge >= 0.3 is 0 Å². The van der Waals surface area contributed by atoms with Crippen LogP contribution in [-0.4, -0.2) is 36.6 Å². The molecule has 1 aromatic carbocycles. The van der Waals surface area contributed by atoms with Crippen LogP contribution in [0.3, 0.4) is 0 Å². The first-order valence-electron chi connectivity index (χ1n) is 6.16. The van der Waals surface area contributed by atoms with E-state index in [1.165, 1.54) is 11.5 Å². The van der Waals surface area contributed by atoms with E-state index in [2.05, 4.69) is 15.3 Å². The van der Waals surface area contributed by atoms with E-state index in [0.29, 0.717) is 11.8 Å². The molecule has 1 aromatic heterocycles. The molecule has 0 radical (unpaired) electrons. The summed E-state index contributed by atoms with van der Waals surface area (Å²) < 4.78 is 10.5. The van der Waals surface area contributed by atoms with E-state index in [9.17, 15) is 4.79 Å². The first kappa shape index (κ1) is 12.4. The average Bonchev–Trinajstić information content (AvgIpc) is 3.04. The highest BCUT2D eigenvalue weighted by Crippen LogP contribution is 2.29. The lowest BCUT2D eigenvalue weighted by Gasteiger charge is -2.18. The lowest BCUT2D eigenvalue weighted by molar-refractivity contribution is 0.0998. The van der Waals surface area contributed by atoms with Crippen molar-refractivity contribution in [3.05, 3.63) is 23.9 Å². The van der Waals surface area contributed by atoms with Crippen LogP contribution in [0.15, 0.2) is 18.2 Å². The maximum absolute atomic E-state index is 11.2. The number of nitrogens with two attached hydrogens (primary N) is 1. The van der Waals surface area contributed by atoms with Gasteiger partial charge in [-0.2, -0.15) is 4.37 Å². The summed E-state index contributed by atoms with van der Waals surface area (Å²) in [5.41, 5.74) is 6.81. The molecule has 0 unspecified atom stereocenters. The Morgan fingerprint density at radius 3 is 3.11 bits per heavy atom. The van der Waals surface area contributed by atoms with Crippen molar-refractivity contribution in [2.45, 2.75) is 12.5 Å². The minimum atomic E-state index is -0.473. The fourth-order valence-electron chi connectivity index (χ4n) is 2.46. The molecule has 2 heterocycles. The predicted octanol–water partition coefficient (Wildman–Crippen LogP) is 1.62. The first-order valence-corrected chi connectivity index (χ1v) is 6.93. The first-order chi connectivity index (χ1) is 9.19. The second-order valence-electron chi connectivity index (χ2n) is 4.67. The largest absolute Gasteiger partial charge is 0.380 e. The molecule has 19 heavy (non-hydrogen) atoms. The summed E-state index contributed by atoms with van der Waals surface area (Å²) >= 11 is 1.31. The molecule has 0 spiro atoms. The number of rotatable bonds is 3. The highest BCUT2D eigenvalue weighted by molar-refractivity contribution is 7.13. The number of ether oxygens (including phenoxy) is 1. The van der Waals surface area contributed by atoms with E-state index in [1.54, 1.807) is 7.11 Å². The minimum Gasteiger partial charge on any atom is -0.380 e. The number of hydrogen-bond acceptors (Lipinski definition) is 5. The van der Waals surface area contributed by atoms with E-state index in [-0.39, 0.29) is 0 Å². The average molecular weight is 277 g/mol. The SMILES string of the molecule is CO[C@H]1CCN(c2ccc3c(C(N)=O)nsc3c2)C1. The van der Waals surface area contributed by atoms with Crippen molar-refractivity contribution in [3.8, 4) is 0 Å². The summed E-state index contributed by atoms with van der Waals surface area (Å²) in [6.07, 6.45) is 1.35. The Hall–Kier alpha value is -1.66. The van der Waals surface area contributed by atoms with Gasteiger partial charge in [0.25, 0.3) is 5.91 Å². The van der Waals surface area contributed by atoms with Gasteiger partial charge in [-0.25, -0.2) is 0 Å². The maximum atomic E-state index is 11.2. The lowest BCUT2D eigenvalue weighted by atomic mass is 10.2. The number of carbonyl (C=O) groups excluding carboxylic acids is 1. The lowest BCUT2D eigenvalue weighted by Crippen LogP contribution is -2.21. The Morgan fingerprint density at radius 2 is 2.42 bits per heavy atom. The van der Waals surface area contributed by atoms with E-state index >= 15 is 0 Å². The fourth-order valence-corrected chi connectivity index (χ4v) is 3.27. The summed E-state index contributed by atoms with van der Waals surface area (Å²) in [6, 6.07) is 6.01. The molecule has 2 N–H and O–H groups in total. The molecule has 0 bridgehead atoms. The Balaban J connectivity index is 1.93. The number of hydrogen-bond donors (Lipinski definition) is 1. The van der Waals surface area contributed by atoms with E-state index in [1.807, 2.05) is 12.1 Å². The van der Waals surface area contributed by atoms with Crippen LogP contribution in [0.5, 0.6) is 0 Å². The highest BCUT2D eigenvalue weighted by atomic mass is 32.1. The number of fused-ring (bicyclic) bond motifs is 1. The topological polar surface area (TPSA) is 68.5 Å². The van der Waals surface area contributed by atoms with Crippen molar-refractivity contribution >= 4 is 33.2 Å². The molecule has 1 aliphatic heterocycles. The molecule has 1 saturated heterocycles. The number of nitrogens with zero attached hydrogens (tertiary/aromatic N) is 2. The van der Waals surface area contributed by atoms with Crippen LogP contribution in [0.25, 0.3) is 10.1 Å². The van der Waals surface area contributed by atoms with Gasteiger partial charge < -0.3 is 15.4 Å². The molecule has 2 aromatic rings. The third-order valence-electron chi connectivity index (χ3n) is 3.53. The molecule has 100 valence electrons. The molecule has 3 rings (SSSR count). The van der Waals surface area contributed by atoms with Gasteiger partial charge in [-0.15, -0.1) is 0 Å². The number of methoxy groups -OCH3 is 1. The number of anilines is 1. The van der Waals surface area contributed by atoms with E-state index < -0.39 is 5.91 Å². The summed E-state index contributed by atoms with van der Waals surface area (Å²) in [5, 5.41) is 0.837. The number of amides is 1. The number of aromatic nitrogens is 1. The Labute approximate surface area is 115 Å². The monoisotopic (exact) mass is 277 g/mol. The molecule has 0 aliphatic carbocycles. The standard InChI is InChI=1S/C13H15N3O2S/c1-18-9-4-5-16(7-9)8-2-3-10-11(6-8)19-15-12(10)13(14)17/h2-3,6,9H,4-5,7H2,1H3,(H2,14,17)/t9-/m0/s1. The van der Waals surface area contributed by atoms with Crippen LogP contribution in [0.2, 0.25) is 0 Å². The molecule has 5 nitrogen and oxygen atoms in total. The molecule has 1 atom stereocenters. The van der Waals surface area contributed by atoms with Gasteiger partial charge in [0.15, 0.2) is 0 Å². The zero-order chi connectivity index (χ0) is 13.4. The third-order valence-corrected chi connectivity index (χ3v) is 4.34. The second-order valence-corrected chi connectivity index (χ2v) is 5.47. The van der Waals surface area contributed by atoms with Crippen molar-refractivity contribution in [1.82, 2.24) is 4.37 Å². The molecule has 6 heteroatoms. The van der Waals surface area contributed by atoms with Crippen molar-refractivity contribution in [2.75, 3.05) is 25.1 Å². The fraction of sp³-hybridized carbons (Fsp3) is 0.385. The van der Waals surface area contributed by atoms with E-state index in [4.69, 9.17) is 10.5 Å². The zero-order valence-electron chi connectivity index (χ0n) is 10.6. The van der Waals surface area contributed by atoms with Crippen molar-refractivity contribution < 1.29 is 9.53 Å². The van der Waals surface area contributed by atoms with Crippen LogP contribution < -0.4 is 10.6 Å². The zero-order valence-corrected chi connectivity index (χ0v) is 11.4. The van der Waals surface area contributed by atoms with Gasteiger partial charge in [0.2, 0.25) is 0 Å². The van der Waals surface area contributed by atoms with Crippen LogP contribution >= 0.6 is 11.5 Å². The Bertz CT molecular complexity index is 625. The van der Waals surface area contributed by atoms with Crippen molar-refractivity contribution in [2.24, 2.45) is 5.73 Å². The normalized spacial score (nSPS) is 19.2.